The Kier molecular flexibility index (Phi) is 5.99. The van der Waals surface area contributed by atoms with Crippen LogP contribution in [0.5, 0.6) is 5.88 Å². The SMILES string of the molecule is C=C[C@@H]1C[C@]1(NC(=O)C1CC(Oc2nc3ccccc3c3ccccc23)CN1C(=O)O)C(=O)OCC. The summed E-state index contributed by atoms with van der Waals surface area (Å²) in [7, 11) is 0. The van der Waals surface area contributed by atoms with Gasteiger partial charge in [-0.05, 0) is 30.9 Å². The minimum absolute atomic E-state index is 0.00640. The van der Waals surface area contributed by atoms with E-state index in [1.807, 2.05) is 48.5 Å². The zero-order valence-corrected chi connectivity index (χ0v) is 19.8. The van der Waals surface area contributed by atoms with Crippen molar-refractivity contribution in [3.8, 4) is 5.88 Å². The lowest BCUT2D eigenvalue weighted by Gasteiger charge is -2.23. The Labute approximate surface area is 207 Å². The van der Waals surface area contributed by atoms with Crippen LogP contribution >= 0.6 is 0 Å². The second kappa shape index (κ2) is 9.14. The minimum Gasteiger partial charge on any atom is -0.472 e. The van der Waals surface area contributed by atoms with Crippen LogP contribution in [-0.2, 0) is 14.3 Å². The number of carboxylic acid groups (broad SMARTS) is 1. The zero-order chi connectivity index (χ0) is 25.4. The molecule has 1 aromatic heterocycles. The van der Waals surface area contributed by atoms with Crippen LogP contribution < -0.4 is 10.1 Å². The number of aromatic nitrogens is 1. The van der Waals surface area contributed by atoms with E-state index in [9.17, 15) is 19.5 Å². The molecule has 1 aliphatic heterocycles. The van der Waals surface area contributed by atoms with Crippen LogP contribution in [0.2, 0.25) is 0 Å². The quantitative estimate of drug-likeness (QED) is 0.296. The van der Waals surface area contributed by atoms with E-state index in [0.717, 1.165) is 26.6 Å². The zero-order valence-electron chi connectivity index (χ0n) is 19.8. The van der Waals surface area contributed by atoms with Gasteiger partial charge in [0, 0.05) is 23.1 Å². The molecule has 2 unspecified atom stereocenters. The number of nitrogens with one attached hydrogen (secondary N) is 1. The lowest BCUT2D eigenvalue weighted by molar-refractivity contribution is -0.149. The number of esters is 1. The summed E-state index contributed by atoms with van der Waals surface area (Å²) in [6.07, 6.45) is 0.260. The van der Waals surface area contributed by atoms with E-state index in [-0.39, 0.29) is 25.5 Å². The molecule has 9 nitrogen and oxygen atoms in total. The third-order valence-corrected chi connectivity index (χ3v) is 6.95. The molecule has 2 N–H and O–H groups in total. The van der Waals surface area contributed by atoms with Gasteiger partial charge in [0.2, 0.25) is 11.8 Å². The Morgan fingerprint density at radius 1 is 1.17 bits per heavy atom. The van der Waals surface area contributed by atoms with Crippen molar-refractivity contribution in [2.24, 2.45) is 5.92 Å². The number of hydrogen-bond donors (Lipinski definition) is 2. The normalized spacial score (nSPS) is 24.9. The number of fused-ring (bicyclic) bond motifs is 3. The van der Waals surface area contributed by atoms with E-state index in [1.54, 1.807) is 13.0 Å². The van der Waals surface area contributed by atoms with Crippen LogP contribution in [0, 0.1) is 5.92 Å². The van der Waals surface area contributed by atoms with Crippen molar-refractivity contribution >= 4 is 39.6 Å². The van der Waals surface area contributed by atoms with Crippen molar-refractivity contribution in [3.05, 3.63) is 61.2 Å². The standard InChI is InChI=1S/C27H27N3O6/c1-3-16-14-27(16,25(32)35-4-2)29-23(31)22-13-17(15-30(22)26(33)34)36-24-20-11-6-5-9-18(20)19-10-7-8-12-21(19)28-24/h3,5-12,16-17,22H,1,4,13-15H2,2H3,(H,29,31)(H,33,34)/t16-,17?,22?,27-/m1/s1. The van der Waals surface area contributed by atoms with Gasteiger partial charge in [-0.2, -0.15) is 0 Å². The Balaban J connectivity index is 1.39. The van der Waals surface area contributed by atoms with E-state index in [0.29, 0.717) is 12.3 Å². The van der Waals surface area contributed by atoms with Gasteiger partial charge in [-0.15, -0.1) is 6.58 Å². The summed E-state index contributed by atoms with van der Waals surface area (Å²) in [5.41, 5.74) is -0.442. The number of rotatable bonds is 7. The summed E-state index contributed by atoms with van der Waals surface area (Å²) in [4.78, 5) is 43.5. The summed E-state index contributed by atoms with van der Waals surface area (Å²) in [6, 6.07) is 14.4. The molecule has 1 aliphatic carbocycles. The molecule has 1 saturated heterocycles. The van der Waals surface area contributed by atoms with Crippen LogP contribution in [0.3, 0.4) is 0 Å². The molecule has 0 bridgehead atoms. The topological polar surface area (TPSA) is 118 Å². The number of carbonyl (C=O) groups excluding carboxylic acids is 2. The van der Waals surface area contributed by atoms with Gasteiger partial charge in [-0.25, -0.2) is 14.6 Å². The fraction of sp³-hybridized carbons (Fsp3) is 0.333. The first kappa shape index (κ1) is 23.6. The number of hydrogen-bond acceptors (Lipinski definition) is 6. The van der Waals surface area contributed by atoms with Gasteiger partial charge in [0.25, 0.3) is 0 Å². The first-order valence-corrected chi connectivity index (χ1v) is 11.9. The number of para-hydroxylation sites is 1. The number of ether oxygens (including phenoxy) is 2. The maximum absolute atomic E-state index is 13.2. The van der Waals surface area contributed by atoms with Crippen molar-refractivity contribution in [3.63, 3.8) is 0 Å². The molecule has 5 rings (SSSR count). The average molecular weight is 490 g/mol. The predicted octanol–water partition coefficient (Wildman–Crippen LogP) is 3.51. The van der Waals surface area contributed by atoms with Crippen molar-refractivity contribution in [1.82, 2.24) is 15.2 Å². The molecular weight excluding hydrogens is 462 g/mol. The number of benzene rings is 2. The summed E-state index contributed by atoms with van der Waals surface area (Å²) < 4.78 is 11.4. The largest absolute Gasteiger partial charge is 0.472 e. The van der Waals surface area contributed by atoms with E-state index in [2.05, 4.69) is 16.9 Å². The minimum atomic E-state index is -1.24. The third-order valence-electron chi connectivity index (χ3n) is 6.95. The van der Waals surface area contributed by atoms with Crippen LogP contribution in [0.1, 0.15) is 19.8 Å². The molecule has 2 aromatic carbocycles. The van der Waals surface area contributed by atoms with Gasteiger partial charge in [0.1, 0.15) is 17.7 Å². The van der Waals surface area contributed by atoms with Crippen molar-refractivity contribution in [2.75, 3.05) is 13.2 Å². The lowest BCUT2D eigenvalue weighted by atomic mass is 10.1. The summed E-state index contributed by atoms with van der Waals surface area (Å²) in [5, 5.41) is 15.3. The fourth-order valence-corrected chi connectivity index (χ4v) is 5.03. The van der Waals surface area contributed by atoms with Crippen LogP contribution in [0.4, 0.5) is 4.79 Å². The predicted molar refractivity (Wildman–Crippen MR) is 133 cm³/mol. The van der Waals surface area contributed by atoms with E-state index < -0.39 is 35.7 Å². The molecule has 186 valence electrons. The van der Waals surface area contributed by atoms with Gasteiger partial charge >= 0.3 is 12.1 Å². The molecule has 2 heterocycles. The van der Waals surface area contributed by atoms with E-state index >= 15 is 0 Å². The Bertz CT molecular complexity index is 1370. The monoisotopic (exact) mass is 489 g/mol. The second-order valence-corrected chi connectivity index (χ2v) is 9.13. The number of nitrogens with zero attached hydrogens (tertiary/aromatic N) is 2. The highest BCUT2D eigenvalue weighted by Crippen LogP contribution is 2.45. The van der Waals surface area contributed by atoms with Crippen molar-refractivity contribution < 1.29 is 29.0 Å². The maximum atomic E-state index is 13.2. The van der Waals surface area contributed by atoms with Gasteiger partial charge in [0.05, 0.1) is 18.7 Å². The molecular formula is C27H27N3O6. The highest BCUT2D eigenvalue weighted by atomic mass is 16.5. The molecule has 0 radical (unpaired) electrons. The Morgan fingerprint density at radius 3 is 2.53 bits per heavy atom. The van der Waals surface area contributed by atoms with Crippen LogP contribution in [-0.4, -0.2) is 63.8 Å². The molecule has 36 heavy (non-hydrogen) atoms. The summed E-state index contributed by atoms with van der Waals surface area (Å²) in [6.45, 7) is 5.58. The average Bonchev–Trinajstić information content (AvgIpc) is 3.43. The van der Waals surface area contributed by atoms with Crippen LogP contribution in [0.25, 0.3) is 21.7 Å². The van der Waals surface area contributed by atoms with Gasteiger partial charge in [-0.3, -0.25) is 9.69 Å². The maximum Gasteiger partial charge on any atom is 0.408 e. The van der Waals surface area contributed by atoms with Crippen LogP contribution in [0.15, 0.2) is 61.2 Å². The highest BCUT2D eigenvalue weighted by molar-refractivity contribution is 6.07. The smallest absolute Gasteiger partial charge is 0.408 e. The van der Waals surface area contributed by atoms with E-state index in [4.69, 9.17) is 9.47 Å². The molecule has 2 fully saturated rings. The van der Waals surface area contributed by atoms with Gasteiger partial charge in [0.15, 0.2) is 0 Å². The molecule has 9 heteroatoms. The number of amides is 2. The van der Waals surface area contributed by atoms with E-state index in [1.165, 1.54) is 0 Å². The third kappa shape index (κ3) is 4.00. The Morgan fingerprint density at radius 2 is 1.86 bits per heavy atom. The lowest BCUT2D eigenvalue weighted by Crippen LogP contribution is -2.53. The molecule has 2 aliphatic rings. The molecule has 3 aromatic rings. The fourth-order valence-electron chi connectivity index (χ4n) is 5.03. The molecule has 4 atom stereocenters. The van der Waals surface area contributed by atoms with Crippen molar-refractivity contribution in [1.29, 1.82) is 0 Å². The van der Waals surface area contributed by atoms with Crippen molar-refractivity contribution in [2.45, 2.75) is 37.5 Å². The number of pyridine rings is 1. The van der Waals surface area contributed by atoms with Gasteiger partial charge < -0.3 is 19.9 Å². The highest BCUT2D eigenvalue weighted by Gasteiger charge is 2.62. The number of likely N-dealkylation sites (tertiary alicyclic amines) is 1. The molecule has 1 saturated carbocycles. The second-order valence-electron chi connectivity index (χ2n) is 9.13. The molecule has 0 spiro atoms. The first-order chi connectivity index (χ1) is 17.4. The number of carbonyl (C=O) groups is 3. The molecule has 2 amide bonds. The Hall–Kier alpha value is -4.14. The summed E-state index contributed by atoms with van der Waals surface area (Å²) in [5.74, 6) is -0.974. The first-order valence-electron chi connectivity index (χ1n) is 11.9. The summed E-state index contributed by atoms with van der Waals surface area (Å²) >= 11 is 0. The van der Waals surface area contributed by atoms with Gasteiger partial charge in [-0.1, -0.05) is 42.5 Å².